The van der Waals surface area contributed by atoms with E-state index in [4.69, 9.17) is 6.42 Å². The molecule has 0 aliphatic heterocycles. The predicted molar refractivity (Wildman–Crippen MR) is 73.1 cm³/mol. The van der Waals surface area contributed by atoms with Crippen LogP contribution in [0, 0.1) is 18.2 Å². The van der Waals surface area contributed by atoms with Gasteiger partial charge in [0.2, 0.25) is 0 Å². The summed E-state index contributed by atoms with van der Waals surface area (Å²) in [4.78, 5) is 0. The van der Waals surface area contributed by atoms with Gasteiger partial charge in [-0.15, -0.1) is 6.42 Å². The lowest BCUT2D eigenvalue weighted by Gasteiger charge is -2.11. The van der Waals surface area contributed by atoms with E-state index in [1.807, 2.05) is 0 Å². The summed E-state index contributed by atoms with van der Waals surface area (Å²) in [6, 6.07) is 9.32. The van der Waals surface area contributed by atoms with Crippen LogP contribution in [0.4, 0.5) is 23.2 Å². The maximum absolute atomic E-state index is 13.2. The van der Waals surface area contributed by atoms with Crippen molar-refractivity contribution in [1.29, 1.82) is 0 Å². The molecule has 0 spiro atoms. The quantitative estimate of drug-likeness (QED) is 0.651. The van der Waals surface area contributed by atoms with Gasteiger partial charge in [0.25, 0.3) is 0 Å². The summed E-state index contributed by atoms with van der Waals surface area (Å²) in [6.07, 6.45) is 0.692. The Kier molecular flexibility index (Phi) is 4.18. The molecule has 0 aliphatic carbocycles. The molecule has 0 unspecified atom stereocenters. The second kappa shape index (κ2) is 5.88. The predicted octanol–water partition coefficient (Wildman–Crippen LogP) is 4.44. The molecule has 0 heterocycles. The van der Waals surface area contributed by atoms with E-state index < -0.39 is 17.6 Å². The average Bonchev–Trinajstić information content (AvgIpc) is 2.44. The number of benzene rings is 2. The van der Waals surface area contributed by atoms with Crippen LogP contribution >= 0.6 is 0 Å². The third-order valence-corrected chi connectivity index (χ3v) is 2.81. The highest BCUT2D eigenvalue weighted by atomic mass is 19.4. The van der Waals surface area contributed by atoms with Crippen LogP contribution in [-0.4, -0.2) is 0 Å². The molecule has 0 radical (unpaired) electrons. The van der Waals surface area contributed by atoms with Crippen molar-refractivity contribution in [3.05, 3.63) is 65.0 Å². The van der Waals surface area contributed by atoms with Crippen LogP contribution in [-0.2, 0) is 12.7 Å². The smallest absolute Gasteiger partial charge is 0.381 e. The molecule has 0 bridgehead atoms. The van der Waals surface area contributed by atoms with Crippen molar-refractivity contribution in [2.75, 3.05) is 5.32 Å². The fourth-order valence-corrected chi connectivity index (χ4v) is 1.84. The van der Waals surface area contributed by atoms with Crippen molar-refractivity contribution in [2.45, 2.75) is 12.7 Å². The van der Waals surface area contributed by atoms with Crippen LogP contribution in [0.3, 0.4) is 0 Å². The van der Waals surface area contributed by atoms with E-state index in [2.05, 4.69) is 11.2 Å². The Bertz CT molecular complexity index is 683. The minimum atomic E-state index is -4.57. The number of hydrogen-bond acceptors (Lipinski definition) is 1. The SMILES string of the molecule is C#Cc1cccc(NCc2cc(F)cc(C(F)(F)F)c2)c1. The van der Waals surface area contributed by atoms with Gasteiger partial charge < -0.3 is 5.32 Å². The Hall–Kier alpha value is -2.48. The summed E-state index contributed by atoms with van der Waals surface area (Å²) in [6.45, 7) is 0.0643. The second-order valence-electron chi connectivity index (χ2n) is 4.42. The molecule has 1 nitrogen and oxygen atoms in total. The second-order valence-corrected chi connectivity index (χ2v) is 4.42. The lowest BCUT2D eigenvalue weighted by atomic mass is 10.1. The number of rotatable bonds is 3. The van der Waals surface area contributed by atoms with Crippen molar-refractivity contribution in [3.8, 4) is 12.3 Å². The molecule has 0 saturated heterocycles. The topological polar surface area (TPSA) is 12.0 Å². The lowest BCUT2D eigenvalue weighted by Crippen LogP contribution is -2.08. The molecule has 0 amide bonds. The zero-order chi connectivity index (χ0) is 15.5. The Morgan fingerprint density at radius 3 is 2.52 bits per heavy atom. The maximum atomic E-state index is 13.2. The molecule has 2 aromatic carbocycles. The van der Waals surface area contributed by atoms with E-state index in [0.717, 1.165) is 12.1 Å². The van der Waals surface area contributed by atoms with E-state index in [9.17, 15) is 17.6 Å². The molecule has 0 aliphatic rings. The minimum absolute atomic E-state index is 0.0643. The zero-order valence-corrected chi connectivity index (χ0v) is 10.8. The molecule has 0 atom stereocenters. The summed E-state index contributed by atoms with van der Waals surface area (Å²) in [7, 11) is 0. The maximum Gasteiger partial charge on any atom is 0.416 e. The highest BCUT2D eigenvalue weighted by Gasteiger charge is 2.31. The Morgan fingerprint density at radius 2 is 1.86 bits per heavy atom. The van der Waals surface area contributed by atoms with Crippen LogP contribution in [0.1, 0.15) is 16.7 Å². The summed E-state index contributed by atoms with van der Waals surface area (Å²) in [5.74, 6) is 1.54. The van der Waals surface area contributed by atoms with Gasteiger partial charge in [0.05, 0.1) is 5.56 Å². The van der Waals surface area contributed by atoms with Crippen LogP contribution in [0.2, 0.25) is 0 Å². The number of nitrogens with one attached hydrogen (secondary N) is 1. The molecular weight excluding hydrogens is 282 g/mol. The van der Waals surface area contributed by atoms with Crippen molar-refractivity contribution in [1.82, 2.24) is 0 Å². The largest absolute Gasteiger partial charge is 0.416 e. The van der Waals surface area contributed by atoms with Gasteiger partial charge in [0, 0.05) is 17.8 Å². The molecule has 21 heavy (non-hydrogen) atoms. The molecule has 2 aromatic rings. The number of halogens is 4. The summed E-state index contributed by atoms with van der Waals surface area (Å²) in [5.41, 5.74) is 0.503. The average molecular weight is 293 g/mol. The molecule has 0 saturated carbocycles. The fraction of sp³-hybridized carbons (Fsp3) is 0.125. The van der Waals surface area contributed by atoms with Crippen LogP contribution < -0.4 is 5.32 Å². The van der Waals surface area contributed by atoms with Crippen LogP contribution in [0.15, 0.2) is 42.5 Å². The third kappa shape index (κ3) is 3.99. The standard InChI is InChI=1S/C16H11F4N/c1-2-11-4-3-5-15(8-11)21-10-12-6-13(16(18,19)20)9-14(17)7-12/h1,3-9,21H,10H2. The van der Waals surface area contributed by atoms with Gasteiger partial charge in [0.1, 0.15) is 5.82 Å². The Balaban J connectivity index is 2.16. The van der Waals surface area contributed by atoms with Crippen LogP contribution in [0.5, 0.6) is 0 Å². The summed E-state index contributed by atoms with van der Waals surface area (Å²) < 4.78 is 51.0. The van der Waals surface area contributed by atoms with Gasteiger partial charge in [-0.05, 0) is 42.0 Å². The molecule has 1 N–H and O–H groups in total. The highest BCUT2D eigenvalue weighted by Crippen LogP contribution is 2.30. The molecule has 2 rings (SSSR count). The third-order valence-electron chi connectivity index (χ3n) is 2.81. The lowest BCUT2D eigenvalue weighted by molar-refractivity contribution is -0.137. The van der Waals surface area contributed by atoms with Gasteiger partial charge in [-0.1, -0.05) is 12.0 Å². The molecule has 0 fully saturated rings. The summed E-state index contributed by atoms with van der Waals surface area (Å²) >= 11 is 0. The van der Waals surface area contributed by atoms with Gasteiger partial charge >= 0.3 is 6.18 Å². The van der Waals surface area contributed by atoms with E-state index in [1.54, 1.807) is 24.3 Å². The Labute approximate surface area is 119 Å². The van der Waals surface area contributed by atoms with Crippen molar-refractivity contribution >= 4 is 5.69 Å². The van der Waals surface area contributed by atoms with Gasteiger partial charge in [-0.2, -0.15) is 13.2 Å². The van der Waals surface area contributed by atoms with Gasteiger partial charge in [-0.3, -0.25) is 0 Å². The zero-order valence-electron chi connectivity index (χ0n) is 10.8. The normalized spacial score (nSPS) is 11.0. The first-order valence-electron chi connectivity index (χ1n) is 6.06. The number of terminal acetylenes is 1. The van der Waals surface area contributed by atoms with E-state index in [0.29, 0.717) is 17.3 Å². The van der Waals surface area contributed by atoms with Crippen molar-refractivity contribution in [2.24, 2.45) is 0 Å². The first kappa shape index (κ1) is 14.9. The van der Waals surface area contributed by atoms with Crippen LogP contribution in [0.25, 0.3) is 0 Å². The van der Waals surface area contributed by atoms with E-state index in [-0.39, 0.29) is 12.1 Å². The Morgan fingerprint density at radius 1 is 1.10 bits per heavy atom. The number of hydrogen-bond donors (Lipinski definition) is 1. The number of alkyl halides is 3. The highest BCUT2D eigenvalue weighted by molar-refractivity contribution is 5.50. The fourth-order valence-electron chi connectivity index (χ4n) is 1.84. The van der Waals surface area contributed by atoms with Gasteiger partial charge in [0.15, 0.2) is 0 Å². The minimum Gasteiger partial charge on any atom is -0.381 e. The molecule has 5 heteroatoms. The summed E-state index contributed by atoms with van der Waals surface area (Å²) in [5, 5.41) is 2.91. The first-order valence-corrected chi connectivity index (χ1v) is 6.06. The van der Waals surface area contributed by atoms with E-state index in [1.165, 1.54) is 0 Å². The first-order chi connectivity index (χ1) is 9.88. The van der Waals surface area contributed by atoms with Gasteiger partial charge in [-0.25, -0.2) is 4.39 Å². The van der Waals surface area contributed by atoms with Crippen molar-refractivity contribution in [3.63, 3.8) is 0 Å². The number of anilines is 1. The van der Waals surface area contributed by atoms with E-state index >= 15 is 0 Å². The molecule has 0 aromatic heterocycles. The monoisotopic (exact) mass is 293 g/mol. The van der Waals surface area contributed by atoms with Crippen molar-refractivity contribution < 1.29 is 17.6 Å². The molecular formula is C16H11F4N. The molecule has 108 valence electrons.